The fraction of sp³-hybridized carbons (Fsp3) is 0.300. The quantitative estimate of drug-likeness (QED) is 0.176. The molecule has 4 aromatic carbocycles. The van der Waals surface area contributed by atoms with E-state index in [1.54, 1.807) is 22.3 Å². The number of aryl methyl sites for hydroxylation is 2. The maximum absolute atomic E-state index is 2.69. The van der Waals surface area contributed by atoms with Gasteiger partial charge in [0, 0.05) is 0 Å². The number of fused-ring (bicyclic) bond motifs is 2. The van der Waals surface area contributed by atoms with E-state index in [2.05, 4.69) is 152 Å². The maximum atomic E-state index is 2.69. The van der Waals surface area contributed by atoms with Crippen LogP contribution in [0.3, 0.4) is 0 Å². The van der Waals surface area contributed by atoms with Gasteiger partial charge in [-0.3, -0.25) is 0 Å². The van der Waals surface area contributed by atoms with Crippen LogP contribution in [0.1, 0.15) is 68.3 Å². The second-order valence-electron chi connectivity index (χ2n) is 13.4. The van der Waals surface area contributed by atoms with Crippen LogP contribution in [0, 0.1) is 25.7 Å². The van der Waals surface area contributed by atoms with Gasteiger partial charge in [0.1, 0.15) is 0 Å². The van der Waals surface area contributed by atoms with E-state index in [1.165, 1.54) is 44.5 Å². The van der Waals surface area contributed by atoms with E-state index in [4.69, 9.17) is 0 Å². The van der Waals surface area contributed by atoms with Crippen LogP contribution in [0.15, 0.2) is 96.1 Å². The van der Waals surface area contributed by atoms with Gasteiger partial charge >= 0.3 is 264 Å². The minimum atomic E-state index is -2.19. The predicted octanol–water partition coefficient (Wildman–Crippen LogP) is 11.1. The Balaban J connectivity index is 1.55. The van der Waals surface area contributed by atoms with Crippen molar-refractivity contribution in [1.29, 1.82) is 0 Å². The average Bonchev–Trinajstić information content (AvgIpc) is 3.54. The SMILES string of the molecule is Cc1ccccc1-c1cccc2c1C=C(C(C)C)[CH]2[Zr]([CH]1C(C(C)C)=Cc2c(-c3ccccc3C)cccc21)[SiH](C)C. The van der Waals surface area contributed by atoms with Crippen molar-refractivity contribution in [2.24, 2.45) is 11.8 Å². The Kier molecular flexibility index (Phi) is 8.34. The normalized spacial score (nSPS) is 17.5. The zero-order valence-corrected chi connectivity index (χ0v) is 30.2. The Bertz CT molecular complexity index is 1580. The first kappa shape index (κ1) is 29.5. The molecule has 4 aromatic rings. The Hall–Kier alpha value is -2.54. The Morgan fingerprint density at radius 1 is 0.524 bits per heavy atom. The molecule has 2 heteroatoms. The van der Waals surface area contributed by atoms with E-state index in [0.29, 0.717) is 19.1 Å². The summed E-state index contributed by atoms with van der Waals surface area (Å²) < 4.78 is 1.30. The van der Waals surface area contributed by atoms with Crippen molar-refractivity contribution >= 4 is 18.1 Å². The predicted molar refractivity (Wildman–Crippen MR) is 183 cm³/mol. The van der Waals surface area contributed by atoms with Gasteiger partial charge in [-0.25, -0.2) is 0 Å². The van der Waals surface area contributed by atoms with Crippen molar-refractivity contribution < 1.29 is 20.9 Å². The molecule has 0 saturated heterocycles. The van der Waals surface area contributed by atoms with Gasteiger partial charge in [0.15, 0.2) is 0 Å². The first-order chi connectivity index (χ1) is 20.2. The van der Waals surface area contributed by atoms with Gasteiger partial charge in [-0.15, -0.1) is 0 Å². The molecule has 0 aromatic heterocycles. The third-order valence-corrected chi connectivity index (χ3v) is 31.3. The van der Waals surface area contributed by atoms with Crippen molar-refractivity contribution in [2.75, 3.05) is 0 Å². The Morgan fingerprint density at radius 2 is 0.905 bits per heavy atom. The van der Waals surface area contributed by atoms with E-state index >= 15 is 0 Å². The summed E-state index contributed by atoms with van der Waals surface area (Å²) in [5, 5.41) is 0. The summed E-state index contributed by atoms with van der Waals surface area (Å²) in [4.78, 5) is 0. The summed E-state index contributed by atoms with van der Waals surface area (Å²) in [6.07, 6.45) is 5.28. The first-order valence-electron chi connectivity index (χ1n) is 15.9. The number of rotatable bonds is 7. The van der Waals surface area contributed by atoms with Crippen molar-refractivity contribution in [3.8, 4) is 22.3 Å². The average molecular weight is 645 g/mol. The summed E-state index contributed by atoms with van der Waals surface area (Å²) in [6, 6.07) is 32.3. The van der Waals surface area contributed by atoms with Gasteiger partial charge in [0.2, 0.25) is 0 Å². The topological polar surface area (TPSA) is 0 Å². The van der Waals surface area contributed by atoms with Gasteiger partial charge < -0.3 is 0 Å². The second-order valence-corrected chi connectivity index (χ2v) is 33.4. The number of benzene rings is 4. The summed E-state index contributed by atoms with van der Waals surface area (Å²) in [6.45, 7) is 19.7. The van der Waals surface area contributed by atoms with Crippen LogP contribution >= 0.6 is 0 Å². The van der Waals surface area contributed by atoms with Crippen LogP contribution in [-0.4, -0.2) is 5.92 Å². The minimum absolute atomic E-state index is 0.557. The zero-order valence-electron chi connectivity index (χ0n) is 26.6. The summed E-state index contributed by atoms with van der Waals surface area (Å²) >= 11 is -2.19. The van der Waals surface area contributed by atoms with Gasteiger partial charge in [-0.1, -0.05) is 0 Å². The molecule has 0 spiro atoms. The summed E-state index contributed by atoms with van der Waals surface area (Å²) in [5.74, 6) is 0.161. The molecule has 0 nitrogen and oxygen atoms in total. The van der Waals surface area contributed by atoms with Crippen LogP contribution in [-0.2, 0) is 20.9 Å². The van der Waals surface area contributed by atoms with E-state index in [9.17, 15) is 0 Å². The fourth-order valence-corrected chi connectivity index (χ4v) is 31.0. The zero-order chi connectivity index (χ0) is 29.7. The molecule has 0 saturated carbocycles. The monoisotopic (exact) mass is 643 g/mol. The molecular weight excluding hydrogens is 600 g/mol. The third-order valence-electron chi connectivity index (χ3n) is 9.73. The third kappa shape index (κ3) is 5.03. The standard InChI is InChI=1S/2C19H19.C2H7Si.Zr/c2*1-13(2)16-11-15-8-6-10-18(19(15)12-16)17-9-5-4-7-14(17)3;1-3-2;/h2*4-13H,1-3H3;3H,1-2H3;. The molecule has 0 aliphatic heterocycles. The summed E-state index contributed by atoms with van der Waals surface area (Å²) in [7, 11) is 0. The van der Waals surface area contributed by atoms with Crippen LogP contribution < -0.4 is 0 Å². The van der Waals surface area contributed by atoms with Crippen molar-refractivity contribution in [1.82, 2.24) is 0 Å². The molecule has 213 valence electrons. The molecule has 42 heavy (non-hydrogen) atoms. The number of hydrogen-bond acceptors (Lipinski definition) is 0. The van der Waals surface area contributed by atoms with Crippen molar-refractivity contribution in [2.45, 2.75) is 61.9 Å². The molecule has 2 aliphatic carbocycles. The van der Waals surface area contributed by atoms with Gasteiger partial charge in [0.05, 0.1) is 0 Å². The van der Waals surface area contributed by atoms with E-state index in [-0.39, 0.29) is 0 Å². The van der Waals surface area contributed by atoms with Gasteiger partial charge in [-0.2, -0.15) is 0 Å². The molecule has 0 fully saturated rings. The molecule has 0 bridgehead atoms. The molecule has 2 aliphatic rings. The molecule has 0 amide bonds. The molecule has 2 unspecified atom stereocenters. The number of allylic oxidation sites excluding steroid dienone is 2. The first-order valence-corrected chi connectivity index (χ1v) is 25.8. The molecule has 0 N–H and O–H groups in total. The Morgan fingerprint density at radius 3 is 1.26 bits per heavy atom. The van der Waals surface area contributed by atoms with Crippen LogP contribution in [0.2, 0.25) is 13.1 Å². The van der Waals surface area contributed by atoms with E-state index in [1.807, 2.05) is 0 Å². The van der Waals surface area contributed by atoms with Crippen LogP contribution in [0.25, 0.3) is 34.4 Å². The van der Waals surface area contributed by atoms with Gasteiger partial charge in [0.25, 0.3) is 0 Å². The van der Waals surface area contributed by atoms with E-state index in [0.717, 1.165) is 0 Å². The van der Waals surface area contributed by atoms with Crippen LogP contribution in [0.5, 0.6) is 0 Å². The number of hydrogen-bond donors (Lipinski definition) is 0. The molecule has 0 radical (unpaired) electrons. The molecule has 6 rings (SSSR count). The molecule has 0 heterocycles. The van der Waals surface area contributed by atoms with Crippen molar-refractivity contribution in [3.63, 3.8) is 0 Å². The van der Waals surface area contributed by atoms with Crippen LogP contribution in [0.4, 0.5) is 0 Å². The summed E-state index contributed by atoms with van der Waals surface area (Å²) in [5.41, 5.74) is 18.1. The fourth-order valence-electron chi connectivity index (χ4n) is 7.65. The Labute approximate surface area is 262 Å². The molecular formula is C40H45SiZr. The van der Waals surface area contributed by atoms with Crippen molar-refractivity contribution in [3.05, 3.63) is 129 Å². The van der Waals surface area contributed by atoms with E-state index < -0.39 is 26.8 Å². The van der Waals surface area contributed by atoms with Gasteiger partial charge in [-0.05, 0) is 0 Å². The second kappa shape index (κ2) is 11.9. The molecule has 2 atom stereocenters.